The zero-order valence-electron chi connectivity index (χ0n) is 10.4. The Labute approximate surface area is 135 Å². The van der Waals surface area contributed by atoms with Crippen molar-refractivity contribution >= 4 is 44.4 Å². The number of carbonyl (C=O) groups excluding carboxylic acids is 1. The van der Waals surface area contributed by atoms with E-state index in [-0.39, 0.29) is 18.5 Å². The predicted molar refractivity (Wildman–Crippen MR) is 85.8 cm³/mol. The highest BCUT2D eigenvalue weighted by atomic mass is 127. The van der Waals surface area contributed by atoms with Crippen molar-refractivity contribution < 1.29 is 4.79 Å². The van der Waals surface area contributed by atoms with Crippen molar-refractivity contribution in [2.75, 3.05) is 6.54 Å². The lowest BCUT2D eigenvalue weighted by Gasteiger charge is -2.27. The lowest BCUT2D eigenvalue weighted by atomic mass is 10.1. The van der Waals surface area contributed by atoms with Crippen LogP contribution in [0.4, 0.5) is 0 Å². The fourth-order valence-corrected chi connectivity index (χ4v) is 3.38. The molecule has 0 aromatic heterocycles. The van der Waals surface area contributed by atoms with Crippen LogP contribution in [0, 0.1) is 14.9 Å². The molecule has 0 aliphatic heterocycles. The first-order valence-corrected chi connectivity index (χ1v) is 8.13. The first-order valence-electron chi connectivity index (χ1n) is 6.26. The molecule has 1 aromatic rings. The van der Waals surface area contributed by atoms with E-state index in [1.54, 1.807) is 4.90 Å². The van der Waals surface area contributed by atoms with Gasteiger partial charge in [0.25, 0.3) is 5.91 Å². The van der Waals surface area contributed by atoms with Gasteiger partial charge in [-0.3, -0.25) is 4.79 Å². The monoisotopic (exact) mass is 432 g/mol. The Morgan fingerprint density at radius 2 is 2.16 bits per heavy atom. The Balaban J connectivity index is 2.28. The number of carbonyl (C=O) groups is 1. The molecule has 19 heavy (non-hydrogen) atoms. The Kier molecular flexibility index (Phi) is 5.22. The van der Waals surface area contributed by atoms with Crippen molar-refractivity contribution in [3.8, 4) is 6.07 Å². The van der Waals surface area contributed by atoms with E-state index >= 15 is 0 Å². The van der Waals surface area contributed by atoms with Gasteiger partial charge in [0.05, 0.1) is 11.6 Å². The number of hydrogen-bond donors (Lipinski definition) is 0. The maximum Gasteiger partial charge on any atom is 0.256 e. The zero-order chi connectivity index (χ0) is 13.8. The highest BCUT2D eigenvalue weighted by Crippen LogP contribution is 2.27. The van der Waals surface area contributed by atoms with Crippen molar-refractivity contribution in [3.05, 3.63) is 31.8 Å². The Morgan fingerprint density at radius 1 is 1.47 bits per heavy atom. The SMILES string of the molecule is N#CCN(C(=O)c1cc(I)ccc1Br)C1CCCC1. The van der Waals surface area contributed by atoms with E-state index in [0.29, 0.717) is 5.56 Å². The maximum absolute atomic E-state index is 12.6. The van der Waals surface area contributed by atoms with Gasteiger partial charge >= 0.3 is 0 Å². The molecule has 0 N–H and O–H groups in total. The van der Waals surface area contributed by atoms with Gasteiger partial charge in [-0.05, 0) is 69.6 Å². The van der Waals surface area contributed by atoms with Crippen molar-refractivity contribution in [2.24, 2.45) is 0 Å². The van der Waals surface area contributed by atoms with Gasteiger partial charge in [0.15, 0.2) is 0 Å². The second kappa shape index (κ2) is 6.71. The summed E-state index contributed by atoms with van der Waals surface area (Å²) in [5.41, 5.74) is 0.647. The topological polar surface area (TPSA) is 44.1 Å². The summed E-state index contributed by atoms with van der Waals surface area (Å²) in [6.45, 7) is 0.168. The third kappa shape index (κ3) is 3.48. The van der Waals surface area contributed by atoms with Crippen LogP contribution in [0.1, 0.15) is 36.0 Å². The Morgan fingerprint density at radius 3 is 2.79 bits per heavy atom. The van der Waals surface area contributed by atoms with E-state index in [0.717, 1.165) is 33.7 Å². The Hall–Kier alpha value is -0.610. The number of nitrogens with zero attached hydrogens (tertiary/aromatic N) is 2. The molecule has 0 spiro atoms. The molecule has 3 nitrogen and oxygen atoms in total. The first-order chi connectivity index (χ1) is 9.13. The predicted octanol–water partition coefficient (Wildman–Crippen LogP) is 3.96. The molecule has 5 heteroatoms. The van der Waals surface area contributed by atoms with Crippen LogP contribution < -0.4 is 0 Å². The van der Waals surface area contributed by atoms with Gasteiger partial charge in [-0.2, -0.15) is 5.26 Å². The van der Waals surface area contributed by atoms with E-state index < -0.39 is 0 Å². The summed E-state index contributed by atoms with van der Waals surface area (Å²) in [6.07, 6.45) is 4.31. The maximum atomic E-state index is 12.6. The fraction of sp³-hybridized carbons (Fsp3) is 0.429. The quantitative estimate of drug-likeness (QED) is 0.536. The van der Waals surface area contributed by atoms with E-state index in [9.17, 15) is 4.79 Å². The second-order valence-corrected chi connectivity index (χ2v) is 6.75. The number of halogens is 2. The smallest absolute Gasteiger partial charge is 0.256 e. The summed E-state index contributed by atoms with van der Waals surface area (Å²) in [4.78, 5) is 14.4. The molecule has 100 valence electrons. The number of benzene rings is 1. The number of amides is 1. The van der Waals surface area contributed by atoms with Crippen molar-refractivity contribution in [2.45, 2.75) is 31.7 Å². The van der Waals surface area contributed by atoms with Gasteiger partial charge in [0.2, 0.25) is 0 Å². The van der Waals surface area contributed by atoms with Gasteiger partial charge in [-0.15, -0.1) is 0 Å². The number of nitriles is 1. The summed E-state index contributed by atoms with van der Waals surface area (Å²) in [6, 6.07) is 8.04. The van der Waals surface area contributed by atoms with Gasteiger partial charge in [-0.25, -0.2) is 0 Å². The van der Waals surface area contributed by atoms with Crippen LogP contribution in [0.25, 0.3) is 0 Å². The molecule has 1 aliphatic carbocycles. The molecule has 0 saturated heterocycles. The third-order valence-electron chi connectivity index (χ3n) is 3.43. The van der Waals surface area contributed by atoms with E-state index in [1.165, 1.54) is 0 Å². The molecular formula is C14H14BrIN2O. The molecule has 1 aromatic carbocycles. The van der Waals surface area contributed by atoms with E-state index in [2.05, 4.69) is 44.6 Å². The normalized spacial score (nSPS) is 15.2. The van der Waals surface area contributed by atoms with Gasteiger partial charge in [0, 0.05) is 14.1 Å². The van der Waals surface area contributed by atoms with Gasteiger partial charge < -0.3 is 4.90 Å². The van der Waals surface area contributed by atoms with Gasteiger partial charge in [-0.1, -0.05) is 12.8 Å². The summed E-state index contributed by atoms with van der Waals surface area (Å²) >= 11 is 5.62. The van der Waals surface area contributed by atoms with Crippen LogP contribution in [-0.2, 0) is 0 Å². The highest BCUT2D eigenvalue weighted by molar-refractivity contribution is 14.1. The summed E-state index contributed by atoms with van der Waals surface area (Å²) in [7, 11) is 0. The zero-order valence-corrected chi connectivity index (χ0v) is 14.1. The minimum absolute atomic E-state index is 0.0427. The number of hydrogen-bond acceptors (Lipinski definition) is 2. The third-order valence-corrected chi connectivity index (χ3v) is 4.79. The second-order valence-electron chi connectivity index (χ2n) is 4.65. The fourth-order valence-electron chi connectivity index (χ4n) is 2.47. The summed E-state index contributed by atoms with van der Waals surface area (Å²) in [5, 5.41) is 8.96. The van der Waals surface area contributed by atoms with E-state index in [4.69, 9.17) is 5.26 Å². The molecule has 2 rings (SSSR count). The van der Waals surface area contributed by atoms with Crippen LogP contribution in [-0.4, -0.2) is 23.4 Å². The average Bonchev–Trinajstić information content (AvgIpc) is 2.92. The van der Waals surface area contributed by atoms with Crippen LogP contribution in [0.2, 0.25) is 0 Å². The Bertz CT molecular complexity index is 521. The minimum atomic E-state index is -0.0427. The minimum Gasteiger partial charge on any atom is -0.322 e. The molecule has 1 aliphatic rings. The molecule has 0 bridgehead atoms. The van der Waals surface area contributed by atoms with Gasteiger partial charge in [0.1, 0.15) is 6.54 Å². The van der Waals surface area contributed by atoms with Crippen molar-refractivity contribution in [1.29, 1.82) is 5.26 Å². The molecule has 1 fully saturated rings. The molecule has 0 heterocycles. The lowest BCUT2D eigenvalue weighted by molar-refractivity contribution is 0.0708. The van der Waals surface area contributed by atoms with Crippen molar-refractivity contribution in [3.63, 3.8) is 0 Å². The van der Waals surface area contributed by atoms with Crippen LogP contribution in [0.5, 0.6) is 0 Å². The van der Waals surface area contributed by atoms with E-state index in [1.807, 2.05) is 18.2 Å². The van der Waals surface area contributed by atoms with Crippen LogP contribution in [0.15, 0.2) is 22.7 Å². The highest BCUT2D eigenvalue weighted by Gasteiger charge is 2.28. The number of rotatable bonds is 3. The lowest BCUT2D eigenvalue weighted by Crippen LogP contribution is -2.39. The molecule has 0 unspecified atom stereocenters. The first kappa shape index (κ1) is 14.8. The molecule has 1 saturated carbocycles. The largest absolute Gasteiger partial charge is 0.322 e. The average molecular weight is 433 g/mol. The standard InChI is InChI=1S/C14H14BrIN2O/c15-13-6-5-10(16)9-12(13)14(19)18(8-7-17)11-3-1-2-4-11/h5-6,9,11H,1-4,8H2. The molecule has 1 amide bonds. The summed E-state index contributed by atoms with van der Waals surface area (Å²) < 4.78 is 1.81. The molecule has 0 radical (unpaired) electrons. The summed E-state index contributed by atoms with van der Waals surface area (Å²) in [5.74, 6) is -0.0427. The van der Waals surface area contributed by atoms with Crippen LogP contribution >= 0.6 is 38.5 Å². The molecular weight excluding hydrogens is 419 g/mol. The van der Waals surface area contributed by atoms with Crippen molar-refractivity contribution in [1.82, 2.24) is 4.90 Å². The van der Waals surface area contributed by atoms with Crippen LogP contribution in [0.3, 0.4) is 0 Å². The molecule has 0 atom stereocenters.